The van der Waals surface area contributed by atoms with E-state index in [0.717, 1.165) is 36.8 Å². The van der Waals surface area contributed by atoms with E-state index >= 15 is 0 Å². The lowest BCUT2D eigenvalue weighted by Crippen LogP contribution is -2.08. The van der Waals surface area contributed by atoms with Crippen LogP contribution in [0.25, 0.3) is 0 Å². The Kier molecular flexibility index (Phi) is 5.72. The van der Waals surface area contributed by atoms with Gasteiger partial charge in [-0.05, 0) is 50.5 Å². The molecule has 0 aliphatic carbocycles. The van der Waals surface area contributed by atoms with Crippen molar-refractivity contribution in [1.29, 1.82) is 0 Å². The number of ether oxygens (including phenoxy) is 1. The summed E-state index contributed by atoms with van der Waals surface area (Å²) in [5.74, 6) is 1.44. The molecule has 22 heavy (non-hydrogen) atoms. The number of benzene rings is 1. The predicted molar refractivity (Wildman–Crippen MR) is 91.0 cm³/mol. The first-order valence-electron chi connectivity index (χ1n) is 7.51. The molecule has 0 fully saturated rings. The molecule has 2 aromatic rings. The van der Waals surface area contributed by atoms with Crippen LogP contribution in [-0.4, -0.2) is 30.2 Å². The fraction of sp³-hybridized carbons (Fsp3) is 0.412. The molecule has 2 N–H and O–H groups in total. The normalized spacial score (nSPS) is 10.5. The Morgan fingerprint density at radius 3 is 2.59 bits per heavy atom. The minimum Gasteiger partial charge on any atom is -0.385 e. The third kappa shape index (κ3) is 4.70. The first kappa shape index (κ1) is 16.2. The van der Waals surface area contributed by atoms with Crippen molar-refractivity contribution in [3.8, 4) is 0 Å². The molecule has 1 aromatic heterocycles. The monoisotopic (exact) mass is 300 g/mol. The summed E-state index contributed by atoms with van der Waals surface area (Å²) in [6.07, 6.45) is 0.944. The van der Waals surface area contributed by atoms with Gasteiger partial charge in [0.2, 0.25) is 5.95 Å². The largest absolute Gasteiger partial charge is 0.385 e. The fourth-order valence-corrected chi connectivity index (χ4v) is 2.10. The van der Waals surface area contributed by atoms with Crippen molar-refractivity contribution in [1.82, 2.24) is 9.97 Å². The standard InChI is InChI=1S/C17H24N4O/c1-12-6-7-15(10-13(12)2)20-17-19-14(3)11-16(21-17)18-8-5-9-22-4/h6-7,10-11H,5,8-9H2,1-4H3,(H2,18,19,20,21). The maximum atomic E-state index is 5.04. The van der Waals surface area contributed by atoms with Crippen molar-refractivity contribution in [2.24, 2.45) is 0 Å². The Balaban J connectivity index is 2.06. The Morgan fingerprint density at radius 1 is 1.05 bits per heavy atom. The summed E-state index contributed by atoms with van der Waals surface area (Å²) < 4.78 is 5.04. The van der Waals surface area contributed by atoms with Gasteiger partial charge in [-0.15, -0.1) is 0 Å². The third-order valence-corrected chi connectivity index (χ3v) is 3.45. The highest BCUT2D eigenvalue weighted by atomic mass is 16.5. The van der Waals surface area contributed by atoms with Crippen molar-refractivity contribution < 1.29 is 4.74 Å². The number of aromatic nitrogens is 2. The quantitative estimate of drug-likeness (QED) is 0.765. The lowest BCUT2D eigenvalue weighted by Gasteiger charge is -2.11. The van der Waals surface area contributed by atoms with Crippen LogP contribution >= 0.6 is 0 Å². The lowest BCUT2D eigenvalue weighted by atomic mass is 10.1. The van der Waals surface area contributed by atoms with E-state index in [4.69, 9.17) is 4.74 Å². The maximum Gasteiger partial charge on any atom is 0.229 e. The van der Waals surface area contributed by atoms with Crippen LogP contribution in [0.5, 0.6) is 0 Å². The van der Waals surface area contributed by atoms with Gasteiger partial charge in [-0.25, -0.2) is 4.98 Å². The van der Waals surface area contributed by atoms with Crippen LogP contribution in [0, 0.1) is 20.8 Å². The maximum absolute atomic E-state index is 5.04. The molecule has 5 heteroatoms. The molecule has 0 radical (unpaired) electrons. The summed E-state index contributed by atoms with van der Waals surface area (Å²) in [5.41, 5.74) is 4.45. The van der Waals surface area contributed by atoms with Gasteiger partial charge in [-0.1, -0.05) is 6.07 Å². The number of nitrogens with zero attached hydrogens (tertiary/aromatic N) is 2. The molecule has 0 amide bonds. The van der Waals surface area contributed by atoms with E-state index in [0.29, 0.717) is 5.95 Å². The molecule has 0 saturated carbocycles. The second kappa shape index (κ2) is 7.75. The second-order valence-corrected chi connectivity index (χ2v) is 5.42. The van der Waals surface area contributed by atoms with Gasteiger partial charge < -0.3 is 15.4 Å². The van der Waals surface area contributed by atoms with Gasteiger partial charge in [0.1, 0.15) is 5.82 Å². The predicted octanol–water partition coefficient (Wildman–Crippen LogP) is 3.59. The zero-order valence-electron chi connectivity index (χ0n) is 13.7. The Labute approximate surface area is 132 Å². The zero-order chi connectivity index (χ0) is 15.9. The Hall–Kier alpha value is -2.14. The zero-order valence-corrected chi connectivity index (χ0v) is 13.7. The minimum absolute atomic E-state index is 0.609. The molecule has 2 rings (SSSR count). The summed E-state index contributed by atoms with van der Waals surface area (Å²) >= 11 is 0. The summed E-state index contributed by atoms with van der Waals surface area (Å²) in [7, 11) is 1.71. The van der Waals surface area contributed by atoms with Gasteiger partial charge in [-0.2, -0.15) is 4.98 Å². The number of methoxy groups -OCH3 is 1. The van der Waals surface area contributed by atoms with Crippen LogP contribution in [-0.2, 0) is 4.74 Å². The van der Waals surface area contributed by atoms with Gasteiger partial charge in [0.05, 0.1) is 0 Å². The highest BCUT2D eigenvalue weighted by Gasteiger charge is 2.03. The third-order valence-electron chi connectivity index (χ3n) is 3.45. The number of hydrogen-bond donors (Lipinski definition) is 2. The average Bonchev–Trinajstić information content (AvgIpc) is 2.47. The molecule has 0 spiro atoms. The summed E-state index contributed by atoms with van der Waals surface area (Å²) in [5, 5.41) is 6.56. The Bertz CT molecular complexity index is 628. The number of hydrogen-bond acceptors (Lipinski definition) is 5. The molecule has 0 aliphatic rings. The average molecular weight is 300 g/mol. The van der Waals surface area contributed by atoms with Gasteiger partial charge >= 0.3 is 0 Å². The number of rotatable bonds is 7. The SMILES string of the molecule is COCCCNc1cc(C)nc(Nc2ccc(C)c(C)c2)n1. The van der Waals surface area contributed by atoms with Gasteiger partial charge in [-0.3, -0.25) is 0 Å². The van der Waals surface area contributed by atoms with Crippen LogP contribution in [0.4, 0.5) is 17.5 Å². The minimum atomic E-state index is 0.609. The molecule has 0 unspecified atom stereocenters. The summed E-state index contributed by atoms with van der Waals surface area (Å²) in [6, 6.07) is 8.18. The van der Waals surface area contributed by atoms with Gasteiger partial charge in [0.15, 0.2) is 0 Å². The molecule has 0 saturated heterocycles. The topological polar surface area (TPSA) is 59.1 Å². The molecule has 118 valence electrons. The van der Waals surface area contributed by atoms with Gasteiger partial charge in [0, 0.05) is 37.7 Å². The summed E-state index contributed by atoms with van der Waals surface area (Å²) in [4.78, 5) is 8.94. The van der Waals surface area contributed by atoms with Crippen molar-refractivity contribution >= 4 is 17.5 Å². The lowest BCUT2D eigenvalue weighted by molar-refractivity contribution is 0.198. The van der Waals surface area contributed by atoms with Crippen molar-refractivity contribution in [2.75, 3.05) is 30.9 Å². The molecular formula is C17H24N4O. The first-order valence-corrected chi connectivity index (χ1v) is 7.51. The number of anilines is 3. The van der Waals surface area contributed by atoms with Crippen LogP contribution in [0.3, 0.4) is 0 Å². The molecule has 1 heterocycles. The molecule has 1 aromatic carbocycles. The van der Waals surface area contributed by atoms with Crippen molar-refractivity contribution in [2.45, 2.75) is 27.2 Å². The van der Waals surface area contributed by atoms with E-state index in [1.807, 2.05) is 19.1 Å². The molecule has 0 aliphatic heterocycles. The fourth-order valence-electron chi connectivity index (χ4n) is 2.10. The van der Waals surface area contributed by atoms with Crippen molar-refractivity contribution in [3.63, 3.8) is 0 Å². The van der Waals surface area contributed by atoms with E-state index in [1.54, 1.807) is 7.11 Å². The molecule has 5 nitrogen and oxygen atoms in total. The number of aryl methyl sites for hydroxylation is 3. The highest BCUT2D eigenvalue weighted by Crippen LogP contribution is 2.18. The van der Waals surface area contributed by atoms with E-state index in [9.17, 15) is 0 Å². The molecule has 0 bridgehead atoms. The first-order chi connectivity index (χ1) is 10.6. The highest BCUT2D eigenvalue weighted by molar-refractivity contribution is 5.57. The van der Waals surface area contributed by atoms with Crippen LogP contribution in [0.1, 0.15) is 23.2 Å². The summed E-state index contributed by atoms with van der Waals surface area (Å²) in [6.45, 7) is 7.73. The smallest absolute Gasteiger partial charge is 0.229 e. The molecular weight excluding hydrogens is 276 g/mol. The Morgan fingerprint density at radius 2 is 1.86 bits per heavy atom. The second-order valence-electron chi connectivity index (χ2n) is 5.42. The van der Waals surface area contributed by atoms with E-state index in [-0.39, 0.29) is 0 Å². The van der Waals surface area contributed by atoms with Crippen molar-refractivity contribution in [3.05, 3.63) is 41.1 Å². The van der Waals surface area contributed by atoms with Crippen LogP contribution in [0.15, 0.2) is 24.3 Å². The molecule has 0 atom stereocenters. The van der Waals surface area contributed by atoms with Gasteiger partial charge in [0.25, 0.3) is 0 Å². The van der Waals surface area contributed by atoms with E-state index < -0.39 is 0 Å². The van der Waals surface area contributed by atoms with E-state index in [1.165, 1.54) is 11.1 Å². The number of nitrogens with one attached hydrogen (secondary N) is 2. The van der Waals surface area contributed by atoms with E-state index in [2.05, 4.69) is 46.6 Å². The van der Waals surface area contributed by atoms with Crippen LogP contribution < -0.4 is 10.6 Å². The van der Waals surface area contributed by atoms with Crippen LogP contribution in [0.2, 0.25) is 0 Å².